The molecule has 0 bridgehead atoms. The van der Waals surface area contributed by atoms with Gasteiger partial charge < -0.3 is 9.84 Å². The quantitative estimate of drug-likeness (QED) is 0.521. The molecule has 0 saturated heterocycles. The smallest absolute Gasteiger partial charge is 0.291 e. The van der Waals surface area contributed by atoms with Gasteiger partial charge in [0.2, 0.25) is 11.7 Å². The number of nitrogens with one attached hydrogen (secondary N) is 1. The van der Waals surface area contributed by atoms with Gasteiger partial charge in [-0.15, -0.1) is 0 Å². The van der Waals surface area contributed by atoms with Crippen LogP contribution in [0.25, 0.3) is 17.0 Å². The van der Waals surface area contributed by atoms with Crippen molar-refractivity contribution < 1.29 is 9.32 Å². The number of hydrogen-bond acceptors (Lipinski definition) is 6. The SMILES string of the molecule is CNCc1nc(-c2ccc(C)c(N(Cl)C(=O)c3cnc4ccccn34)c2)no1. The zero-order valence-corrected chi connectivity index (χ0v) is 16.0. The Hall–Kier alpha value is -3.23. The maximum atomic E-state index is 13.0. The van der Waals surface area contributed by atoms with Gasteiger partial charge in [-0.05, 0) is 37.7 Å². The molecule has 0 spiro atoms. The van der Waals surface area contributed by atoms with Gasteiger partial charge in [0.1, 0.15) is 11.3 Å². The maximum absolute atomic E-state index is 13.0. The molecule has 4 rings (SSSR count). The molecular weight excluding hydrogens is 380 g/mol. The second kappa shape index (κ2) is 7.41. The Balaban J connectivity index is 1.68. The van der Waals surface area contributed by atoms with Crippen molar-refractivity contribution in [3.05, 3.63) is 65.9 Å². The molecular formula is C19H17ClN6O2. The zero-order valence-electron chi connectivity index (χ0n) is 15.3. The summed E-state index contributed by atoms with van der Waals surface area (Å²) < 4.78 is 7.98. The van der Waals surface area contributed by atoms with Gasteiger partial charge in [0.25, 0.3) is 5.91 Å². The number of pyridine rings is 1. The molecule has 0 radical (unpaired) electrons. The Bertz CT molecular complexity index is 1150. The van der Waals surface area contributed by atoms with Crippen LogP contribution >= 0.6 is 11.8 Å². The molecule has 8 nitrogen and oxygen atoms in total. The van der Waals surface area contributed by atoms with E-state index in [1.165, 1.54) is 6.20 Å². The molecule has 0 saturated carbocycles. The predicted octanol–water partition coefficient (Wildman–Crippen LogP) is 3.21. The van der Waals surface area contributed by atoms with Crippen molar-refractivity contribution in [3.63, 3.8) is 0 Å². The first-order chi connectivity index (χ1) is 13.6. The summed E-state index contributed by atoms with van der Waals surface area (Å²) in [5.74, 6) is 0.521. The second-order valence-electron chi connectivity index (χ2n) is 6.20. The van der Waals surface area contributed by atoms with Crippen molar-refractivity contribution in [2.24, 2.45) is 0 Å². The fourth-order valence-electron chi connectivity index (χ4n) is 2.86. The number of anilines is 1. The number of nitrogens with zero attached hydrogens (tertiary/aromatic N) is 5. The lowest BCUT2D eigenvalue weighted by atomic mass is 10.1. The minimum absolute atomic E-state index is 0.367. The number of amides is 1. The van der Waals surface area contributed by atoms with Crippen LogP contribution in [-0.4, -0.2) is 32.5 Å². The van der Waals surface area contributed by atoms with Crippen molar-refractivity contribution in [1.82, 2.24) is 24.8 Å². The highest BCUT2D eigenvalue weighted by Gasteiger charge is 2.22. The van der Waals surface area contributed by atoms with Crippen molar-refractivity contribution in [2.75, 3.05) is 11.5 Å². The van der Waals surface area contributed by atoms with Crippen LogP contribution in [0, 0.1) is 6.92 Å². The molecule has 0 unspecified atom stereocenters. The number of aromatic nitrogens is 4. The molecule has 0 atom stereocenters. The average molecular weight is 397 g/mol. The summed E-state index contributed by atoms with van der Waals surface area (Å²) in [7, 11) is 1.80. The molecule has 1 aromatic carbocycles. The van der Waals surface area contributed by atoms with E-state index in [4.69, 9.17) is 16.3 Å². The van der Waals surface area contributed by atoms with Crippen LogP contribution in [0.4, 0.5) is 5.69 Å². The van der Waals surface area contributed by atoms with Crippen LogP contribution in [0.15, 0.2) is 53.3 Å². The number of hydrogen-bond donors (Lipinski definition) is 1. The molecule has 3 aromatic heterocycles. The summed E-state index contributed by atoms with van der Waals surface area (Å²) in [4.78, 5) is 21.6. The van der Waals surface area contributed by atoms with Crippen molar-refractivity contribution in [2.45, 2.75) is 13.5 Å². The van der Waals surface area contributed by atoms with E-state index in [0.717, 1.165) is 9.98 Å². The van der Waals surface area contributed by atoms with E-state index in [9.17, 15) is 4.79 Å². The molecule has 9 heteroatoms. The van der Waals surface area contributed by atoms with Gasteiger partial charge in [0, 0.05) is 23.5 Å². The average Bonchev–Trinajstić information content (AvgIpc) is 3.35. The molecule has 1 amide bonds. The largest absolute Gasteiger partial charge is 0.338 e. The minimum Gasteiger partial charge on any atom is -0.338 e. The second-order valence-corrected chi connectivity index (χ2v) is 6.54. The first-order valence-electron chi connectivity index (χ1n) is 8.59. The Morgan fingerprint density at radius 2 is 2.18 bits per heavy atom. The van der Waals surface area contributed by atoms with Gasteiger partial charge >= 0.3 is 0 Å². The normalized spacial score (nSPS) is 11.1. The van der Waals surface area contributed by atoms with Gasteiger partial charge in [-0.25, -0.2) is 9.40 Å². The fourth-order valence-corrected chi connectivity index (χ4v) is 3.12. The molecule has 4 aromatic rings. The Kier molecular flexibility index (Phi) is 4.81. The molecule has 3 heterocycles. The summed E-state index contributed by atoms with van der Waals surface area (Å²) in [6, 6.07) is 11.0. The van der Waals surface area contributed by atoms with Gasteiger partial charge in [-0.3, -0.25) is 9.20 Å². The Morgan fingerprint density at radius 3 is 3.00 bits per heavy atom. The standard InChI is InChI=1S/C19H17ClN6O2/c1-12-6-7-13(18-23-17(11-21-2)28-24-18)9-14(12)26(20)19(27)15-10-22-16-5-3-4-8-25(15)16/h3-10,21H,11H2,1-2H3. The summed E-state index contributed by atoms with van der Waals surface area (Å²) >= 11 is 6.44. The molecule has 28 heavy (non-hydrogen) atoms. The van der Waals surface area contributed by atoms with E-state index in [1.807, 2.05) is 37.3 Å². The van der Waals surface area contributed by atoms with Crippen LogP contribution in [0.2, 0.25) is 0 Å². The molecule has 0 aliphatic carbocycles. The third-order valence-electron chi connectivity index (χ3n) is 4.29. The lowest BCUT2D eigenvalue weighted by Crippen LogP contribution is -2.23. The highest BCUT2D eigenvalue weighted by molar-refractivity contribution is 6.39. The third kappa shape index (κ3) is 3.23. The Morgan fingerprint density at radius 1 is 1.32 bits per heavy atom. The van der Waals surface area contributed by atoms with Crippen molar-refractivity contribution >= 4 is 29.0 Å². The van der Waals surface area contributed by atoms with E-state index < -0.39 is 0 Å². The van der Waals surface area contributed by atoms with E-state index in [2.05, 4.69) is 20.4 Å². The summed E-state index contributed by atoms with van der Waals surface area (Å²) in [5, 5.41) is 6.94. The number of imidazole rings is 1. The Labute approximate surface area is 165 Å². The number of aryl methyl sites for hydroxylation is 1. The number of carbonyl (C=O) groups is 1. The lowest BCUT2D eigenvalue weighted by molar-refractivity contribution is 0.1000. The van der Waals surface area contributed by atoms with Crippen molar-refractivity contribution in [1.29, 1.82) is 0 Å². The number of rotatable bonds is 5. The van der Waals surface area contributed by atoms with Gasteiger partial charge in [0.05, 0.1) is 18.4 Å². The molecule has 1 N–H and O–H groups in total. The molecule has 0 aliphatic rings. The van der Waals surface area contributed by atoms with E-state index in [0.29, 0.717) is 40.9 Å². The lowest BCUT2D eigenvalue weighted by Gasteiger charge is -2.16. The van der Waals surface area contributed by atoms with Crippen LogP contribution in [0.3, 0.4) is 0 Å². The van der Waals surface area contributed by atoms with E-state index >= 15 is 0 Å². The molecule has 0 aliphatic heterocycles. The van der Waals surface area contributed by atoms with Gasteiger partial charge in [-0.1, -0.05) is 23.4 Å². The van der Waals surface area contributed by atoms with Crippen molar-refractivity contribution in [3.8, 4) is 11.4 Å². The first kappa shape index (κ1) is 18.1. The number of benzene rings is 1. The summed E-state index contributed by atoms with van der Waals surface area (Å²) in [6.07, 6.45) is 3.28. The van der Waals surface area contributed by atoms with Crippen LogP contribution in [0.5, 0.6) is 0 Å². The zero-order chi connectivity index (χ0) is 19.7. The number of halogens is 1. The maximum Gasteiger partial charge on any atom is 0.291 e. The van der Waals surface area contributed by atoms with Gasteiger partial charge in [-0.2, -0.15) is 4.98 Å². The van der Waals surface area contributed by atoms with Crippen LogP contribution in [0.1, 0.15) is 21.9 Å². The minimum atomic E-state index is -0.385. The third-order valence-corrected chi connectivity index (χ3v) is 4.62. The summed E-state index contributed by atoms with van der Waals surface area (Å²) in [6.45, 7) is 2.35. The van der Waals surface area contributed by atoms with Gasteiger partial charge in [0.15, 0.2) is 0 Å². The van der Waals surface area contributed by atoms with Crippen LogP contribution < -0.4 is 9.74 Å². The fraction of sp³-hybridized carbons (Fsp3) is 0.158. The number of fused-ring (bicyclic) bond motifs is 1. The molecule has 142 valence electrons. The van der Waals surface area contributed by atoms with E-state index in [1.54, 1.807) is 23.7 Å². The van der Waals surface area contributed by atoms with Crippen LogP contribution in [-0.2, 0) is 6.54 Å². The predicted molar refractivity (Wildman–Crippen MR) is 105 cm³/mol. The molecule has 0 fully saturated rings. The van der Waals surface area contributed by atoms with E-state index in [-0.39, 0.29) is 5.91 Å². The number of carbonyl (C=O) groups excluding carboxylic acids is 1. The highest BCUT2D eigenvalue weighted by atomic mass is 35.5. The first-order valence-corrected chi connectivity index (χ1v) is 8.93. The summed E-state index contributed by atoms with van der Waals surface area (Å²) in [5.41, 5.74) is 3.11. The topological polar surface area (TPSA) is 88.6 Å². The highest BCUT2D eigenvalue weighted by Crippen LogP contribution is 2.29. The monoisotopic (exact) mass is 396 g/mol.